The SMILES string of the molecule is COc1cc(OC)nc(Nc2ccc(C)cc2N)n1. The molecule has 0 saturated carbocycles. The van der Waals surface area contributed by atoms with Crippen LogP contribution in [0.25, 0.3) is 0 Å². The molecule has 1 aromatic carbocycles. The van der Waals surface area contributed by atoms with Gasteiger partial charge in [0.25, 0.3) is 0 Å². The standard InChI is InChI=1S/C13H16N4O2/c1-8-4-5-10(9(14)6-8)15-13-16-11(18-2)7-12(17-13)19-3/h4-7H,14H2,1-3H3,(H,15,16,17). The highest BCUT2D eigenvalue weighted by Gasteiger charge is 2.07. The maximum absolute atomic E-state index is 5.93. The monoisotopic (exact) mass is 260 g/mol. The topological polar surface area (TPSA) is 82.3 Å². The minimum Gasteiger partial charge on any atom is -0.481 e. The fraction of sp³-hybridized carbons (Fsp3) is 0.231. The molecular weight excluding hydrogens is 244 g/mol. The third kappa shape index (κ3) is 3.04. The van der Waals surface area contributed by atoms with E-state index in [1.165, 1.54) is 14.2 Å². The van der Waals surface area contributed by atoms with E-state index in [1.807, 2.05) is 25.1 Å². The number of rotatable bonds is 4. The molecule has 1 aromatic heterocycles. The van der Waals surface area contributed by atoms with Crippen LogP contribution in [0.2, 0.25) is 0 Å². The Bertz CT molecular complexity index is 565. The number of anilines is 3. The Balaban J connectivity index is 2.31. The second kappa shape index (κ2) is 5.43. The lowest BCUT2D eigenvalue weighted by molar-refractivity contribution is 0.373. The summed E-state index contributed by atoms with van der Waals surface area (Å²) in [5.41, 5.74) is 8.39. The van der Waals surface area contributed by atoms with Crippen molar-refractivity contribution < 1.29 is 9.47 Å². The molecule has 0 aliphatic rings. The van der Waals surface area contributed by atoms with Crippen molar-refractivity contribution in [3.05, 3.63) is 29.8 Å². The van der Waals surface area contributed by atoms with Crippen LogP contribution in [0.4, 0.5) is 17.3 Å². The summed E-state index contributed by atoms with van der Waals surface area (Å²) in [7, 11) is 3.07. The van der Waals surface area contributed by atoms with Crippen molar-refractivity contribution in [2.75, 3.05) is 25.3 Å². The summed E-state index contributed by atoms with van der Waals surface area (Å²) in [4.78, 5) is 8.36. The maximum Gasteiger partial charge on any atom is 0.233 e. The molecule has 0 fully saturated rings. The summed E-state index contributed by atoms with van der Waals surface area (Å²) >= 11 is 0. The molecule has 0 saturated heterocycles. The van der Waals surface area contributed by atoms with E-state index in [1.54, 1.807) is 6.07 Å². The van der Waals surface area contributed by atoms with Crippen molar-refractivity contribution in [2.24, 2.45) is 0 Å². The summed E-state index contributed by atoms with van der Waals surface area (Å²) in [5.74, 6) is 1.20. The highest BCUT2D eigenvalue weighted by molar-refractivity contribution is 5.71. The smallest absolute Gasteiger partial charge is 0.233 e. The largest absolute Gasteiger partial charge is 0.481 e. The third-order valence-electron chi connectivity index (χ3n) is 2.55. The van der Waals surface area contributed by atoms with Crippen molar-refractivity contribution in [3.63, 3.8) is 0 Å². The molecule has 0 unspecified atom stereocenters. The molecule has 0 atom stereocenters. The Kier molecular flexibility index (Phi) is 3.70. The van der Waals surface area contributed by atoms with E-state index in [0.29, 0.717) is 23.4 Å². The van der Waals surface area contributed by atoms with Crippen LogP contribution in [0.1, 0.15) is 5.56 Å². The third-order valence-corrected chi connectivity index (χ3v) is 2.55. The summed E-state index contributed by atoms with van der Waals surface area (Å²) < 4.78 is 10.2. The molecule has 6 nitrogen and oxygen atoms in total. The van der Waals surface area contributed by atoms with Gasteiger partial charge in [0, 0.05) is 0 Å². The lowest BCUT2D eigenvalue weighted by Gasteiger charge is -2.10. The number of nitrogens with two attached hydrogens (primary N) is 1. The normalized spacial score (nSPS) is 10.1. The van der Waals surface area contributed by atoms with Crippen LogP contribution in [0.3, 0.4) is 0 Å². The molecule has 0 aliphatic carbocycles. The van der Waals surface area contributed by atoms with Gasteiger partial charge in [-0.3, -0.25) is 0 Å². The molecule has 19 heavy (non-hydrogen) atoms. The Hall–Kier alpha value is -2.50. The van der Waals surface area contributed by atoms with Gasteiger partial charge in [-0.15, -0.1) is 0 Å². The van der Waals surface area contributed by atoms with Crippen LogP contribution in [-0.2, 0) is 0 Å². The van der Waals surface area contributed by atoms with Gasteiger partial charge in [-0.25, -0.2) is 0 Å². The molecule has 100 valence electrons. The van der Waals surface area contributed by atoms with Crippen molar-refractivity contribution in [3.8, 4) is 11.8 Å². The average molecular weight is 260 g/mol. The van der Waals surface area contributed by atoms with Crippen LogP contribution >= 0.6 is 0 Å². The second-order valence-electron chi connectivity index (χ2n) is 3.99. The first kappa shape index (κ1) is 12.9. The molecule has 3 N–H and O–H groups in total. The molecule has 0 spiro atoms. The Morgan fingerprint density at radius 2 is 1.68 bits per heavy atom. The number of ether oxygens (including phenoxy) is 2. The fourth-order valence-corrected chi connectivity index (χ4v) is 1.59. The van der Waals surface area contributed by atoms with Gasteiger partial charge in [-0.05, 0) is 24.6 Å². The molecule has 0 bridgehead atoms. The first-order chi connectivity index (χ1) is 9.12. The summed E-state index contributed by atoms with van der Waals surface area (Å²) in [6.45, 7) is 1.98. The van der Waals surface area contributed by atoms with E-state index in [4.69, 9.17) is 15.2 Å². The minimum atomic E-state index is 0.367. The number of aryl methyl sites for hydroxylation is 1. The van der Waals surface area contributed by atoms with Crippen LogP contribution in [0.5, 0.6) is 11.8 Å². The molecule has 2 rings (SSSR count). The number of nitrogens with zero attached hydrogens (tertiary/aromatic N) is 2. The average Bonchev–Trinajstić information content (AvgIpc) is 2.41. The van der Waals surface area contributed by atoms with Crippen molar-refractivity contribution in [1.29, 1.82) is 0 Å². The molecule has 0 amide bonds. The number of nitrogen functional groups attached to an aromatic ring is 1. The first-order valence-electron chi connectivity index (χ1n) is 5.72. The molecule has 0 aliphatic heterocycles. The van der Waals surface area contributed by atoms with E-state index in [2.05, 4.69) is 15.3 Å². The summed E-state index contributed by atoms with van der Waals surface area (Å²) in [6.07, 6.45) is 0. The van der Waals surface area contributed by atoms with Gasteiger partial charge >= 0.3 is 0 Å². The van der Waals surface area contributed by atoms with E-state index in [-0.39, 0.29) is 0 Å². The zero-order chi connectivity index (χ0) is 13.8. The number of benzene rings is 1. The lowest BCUT2D eigenvalue weighted by atomic mass is 10.2. The predicted octanol–water partition coefficient (Wildman–Crippen LogP) is 2.13. The number of methoxy groups -OCH3 is 2. The second-order valence-corrected chi connectivity index (χ2v) is 3.99. The van der Waals surface area contributed by atoms with Gasteiger partial charge in [0.05, 0.1) is 31.7 Å². The van der Waals surface area contributed by atoms with Gasteiger partial charge in [0.15, 0.2) is 0 Å². The molecule has 6 heteroatoms. The summed E-state index contributed by atoms with van der Waals surface area (Å²) in [6, 6.07) is 7.31. The van der Waals surface area contributed by atoms with Gasteiger partial charge in [-0.2, -0.15) is 9.97 Å². The van der Waals surface area contributed by atoms with Crippen molar-refractivity contribution >= 4 is 17.3 Å². The number of hydrogen-bond donors (Lipinski definition) is 2. The van der Waals surface area contributed by atoms with Gasteiger partial charge in [0.1, 0.15) is 0 Å². The molecule has 0 radical (unpaired) electrons. The van der Waals surface area contributed by atoms with Crippen LogP contribution in [0, 0.1) is 6.92 Å². The highest BCUT2D eigenvalue weighted by Crippen LogP contribution is 2.24. The number of hydrogen-bond acceptors (Lipinski definition) is 6. The fourth-order valence-electron chi connectivity index (χ4n) is 1.59. The van der Waals surface area contributed by atoms with E-state index >= 15 is 0 Å². The zero-order valence-corrected chi connectivity index (χ0v) is 11.1. The number of aromatic nitrogens is 2. The van der Waals surface area contributed by atoms with E-state index in [9.17, 15) is 0 Å². The Labute approximate surface area is 111 Å². The first-order valence-corrected chi connectivity index (χ1v) is 5.72. The maximum atomic E-state index is 5.93. The van der Waals surface area contributed by atoms with Crippen molar-refractivity contribution in [1.82, 2.24) is 9.97 Å². The number of nitrogens with one attached hydrogen (secondary N) is 1. The van der Waals surface area contributed by atoms with Crippen LogP contribution < -0.4 is 20.5 Å². The van der Waals surface area contributed by atoms with Crippen molar-refractivity contribution in [2.45, 2.75) is 6.92 Å². The van der Waals surface area contributed by atoms with Crippen LogP contribution in [-0.4, -0.2) is 24.2 Å². The van der Waals surface area contributed by atoms with Gasteiger partial charge < -0.3 is 20.5 Å². The minimum absolute atomic E-state index is 0.367. The summed E-state index contributed by atoms with van der Waals surface area (Å²) in [5, 5.41) is 3.04. The van der Waals surface area contributed by atoms with E-state index < -0.39 is 0 Å². The van der Waals surface area contributed by atoms with Crippen LogP contribution in [0.15, 0.2) is 24.3 Å². The van der Waals surface area contributed by atoms with Gasteiger partial charge in [-0.1, -0.05) is 6.07 Å². The molecule has 1 heterocycles. The highest BCUT2D eigenvalue weighted by atomic mass is 16.5. The Morgan fingerprint density at radius 1 is 1.05 bits per heavy atom. The zero-order valence-electron chi connectivity index (χ0n) is 11.1. The van der Waals surface area contributed by atoms with Gasteiger partial charge in [0.2, 0.25) is 17.7 Å². The molecular formula is C13H16N4O2. The lowest BCUT2D eigenvalue weighted by Crippen LogP contribution is -2.03. The van der Waals surface area contributed by atoms with E-state index in [0.717, 1.165) is 11.3 Å². The quantitative estimate of drug-likeness (QED) is 0.819. The Morgan fingerprint density at radius 3 is 2.21 bits per heavy atom. The molecule has 2 aromatic rings. The predicted molar refractivity (Wildman–Crippen MR) is 74.0 cm³/mol.